The minimum Gasteiger partial charge on any atom is -0.457 e. The van der Waals surface area contributed by atoms with Crippen LogP contribution in [0.2, 0.25) is 0 Å². The van der Waals surface area contributed by atoms with Gasteiger partial charge in [-0.2, -0.15) is 0 Å². The first-order valence-corrected chi connectivity index (χ1v) is 8.39. The number of thiazole rings is 1. The maximum absolute atomic E-state index is 12.2. The predicted octanol–water partition coefficient (Wildman–Crippen LogP) is 2.06. The average Bonchev–Trinajstić information content (AvgIpc) is 3.07. The zero-order valence-corrected chi connectivity index (χ0v) is 14.2. The van der Waals surface area contributed by atoms with Crippen molar-refractivity contribution in [2.24, 2.45) is 0 Å². The summed E-state index contributed by atoms with van der Waals surface area (Å²) in [5.41, 5.74) is -0.105. The molecule has 0 aliphatic carbocycles. The van der Waals surface area contributed by atoms with E-state index in [1.807, 2.05) is 24.3 Å². The average molecular weight is 347 g/mol. The third-order valence-corrected chi connectivity index (χ3v) is 5.04. The predicted molar refractivity (Wildman–Crippen MR) is 88.4 cm³/mol. The lowest BCUT2D eigenvalue weighted by Gasteiger charge is -2.18. The zero-order chi connectivity index (χ0) is 17.3. The number of carbonyl (C=O) groups excluding carboxylic acids is 3. The Balaban J connectivity index is 1.60. The van der Waals surface area contributed by atoms with Crippen molar-refractivity contribution in [1.82, 2.24) is 15.2 Å². The number of imide groups is 1. The van der Waals surface area contributed by atoms with Crippen LogP contribution in [0.3, 0.4) is 0 Å². The van der Waals surface area contributed by atoms with Crippen molar-refractivity contribution in [3.8, 4) is 0 Å². The Hall–Kier alpha value is -2.48. The van der Waals surface area contributed by atoms with Crippen LogP contribution in [0.5, 0.6) is 0 Å². The monoisotopic (exact) mass is 347 g/mol. The molecular formula is C16H17N3O4S. The number of benzene rings is 1. The van der Waals surface area contributed by atoms with Crippen molar-refractivity contribution < 1.29 is 19.1 Å². The van der Waals surface area contributed by atoms with Gasteiger partial charge in [0.15, 0.2) is 0 Å². The van der Waals surface area contributed by atoms with Gasteiger partial charge in [-0.1, -0.05) is 19.1 Å². The summed E-state index contributed by atoms with van der Waals surface area (Å²) in [6, 6.07) is 7.06. The van der Waals surface area contributed by atoms with Crippen LogP contribution < -0.4 is 5.32 Å². The molecule has 1 aromatic carbocycles. The van der Waals surface area contributed by atoms with E-state index in [4.69, 9.17) is 4.74 Å². The number of hydrogen-bond donors (Lipinski definition) is 1. The van der Waals surface area contributed by atoms with Crippen LogP contribution in [0.15, 0.2) is 24.3 Å². The molecule has 24 heavy (non-hydrogen) atoms. The van der Waals surface area contributed by atoms with Gasteiger partial charge in [-0.05, 0) is 25.5 Å². The summed E-state index contributed by atoms with van der Waals surface area (Å²) >= 11 is 1.44. The summed E-state index contributed by atoms with van der Waals surface area (Å²) in [6.45, 7) is 3.06. The number of para-hydroxylation sites is 1. The lowest BCUT2D eigenvalue weighted by atomic mass is 9.99. The van der Waals surface area contributed by atoms with Gasteiger partial charge < -0.3 is 10.1 Å². The van der Waals surface area contributed by atoms with Gasteiger partial charge in [-0.15, -0.1) is 11.3 Å². The maximum atomic E-state index is 12.2. The lowest BCUT2D eigenvalue weighted by molar-refractivity contribution is -0.148. The SMILES string of the molecule is CC[C@@]1(C)NC(=O)N(CC(=O)OCc2nc3ccccc3s2)C1=O. The molecule has 1 aliphatic rings. The Bertz CT molecular complexity index is 786. The summed E-state index contributed by atoms with van der Waals surface area (Å²) in [4.78, 5) is 41.3. The minimum atomic E-state index is -0.954. The molecule has 2 heterocycles. The molecule has 3 amide bonds. The van der Waals surface area contributed by atoms with Gasteiger partial charge in [-0.25, -0.2) is 9.78 Å². The number of fused-ring (bicyclic) bond motifs is 1. The van der Waals surface area contributed by atoms with Crippen LogP contribution in [0.1, 0.15) is 25.3 Å². The highest BCUT2D eigenvalue weighted by Gasteiger charge is 2.47. The summed E-state index contributed by atoms with van der Waals surface area (Å²) in [7, 11) is 0. The van der Waals surface area contributed by atoms with E-state index < -0.39 is 30.0 Å². The van der Waals surface area contributed by atoms with Gasteiger partial charge in [0.2, 0.25) is 0 Å². The quantitative estimate of drug-likeness (QED) is 0.661. The first kappa shape index (κ1) is 16.4. The van der Waals surface area contributed by atoms with Crippen LogP contribution in [-0.4, -0.2) is 39.9 Å². The van der Waals surface area contributed by atoms with E-state index in [0.29, 0.717) is 11.4 Å². The van der Waals surface area contributed by atoms with E-state index in [1.165, 1.54) is 11.3 Å². The molecule has 0 saturated carbocycles. The molecule has 8 heteroatoms. The number of carbonyl (C=O) groups is 3. The molecule has 3 rings (SSSR count). The molecule has 1 aliphatic heterocycles. The van der Waals surface area contributed by atoms with E-state index in [9.17, 15) is 14.4 Å². The number of hydrogen-bond acceptors (Lipinski definition) is 6. The molecule has 126 valence electrons. The van der Waals surface area contributed by atoms with Gasteiger partial charge >= 0.3 is 12.0 Å². The topological polar surface area (TPSA) is 88.6 Å². The fourth-order valence-electron chi connectivity index (χ4n) is 2.43. The van der Waals surface area contributed by atoms with Crippen molar-refractivity contribution in [2.75, 3.05) is 6.54 Å². The highest BCUT2D eigenvalue weighted by atomic mass is 32.1. The molecule has 0 radical (unpaired) electrons. The largest absolute Gasteiger partial charge is 0.457 e. The van der Waals surface area contributed by atoms with Crippen LogP contribution in [0.25, 0.3) is 10.2 Å². The lowest BCUT2D eigenvalue weighted by Crippen LogP contribution is -2.43. The third kappa shape index (κ3) is 2.96. The van der Waals surface area contributed by atoms with E-state index in [-0.39, 0.29) is 6.61 Å². The summed E-state index contributed by atoms with van der Waals surface area (Å²) in [5, 5.41) is 3.26. The number of aromatic nitrogens is 1. The highest BCUT2D eigenvalue weighted by molar-refractivity contribution is 7.18. The zero-order valence-electron chi connectivity index (χ0n) is 13.4. The maximum Gasteiger partial charge on any atom is 0.326 e. The summed E-state index contributed by atoms with van der Waals surface area (Å²) in [5.74, 6) is -1.05. The number of ether oxygens (including phenoxy) is 1. The molecule has 2 aromatic rings. The first-order valence-electron chi connectivity index (χ1n) is 7.57. The van der Waals surface area contributed by atoms with Gasteiger partial charge in [0.05, 0.1) is 10.2 Å². The Kier molecular flexibility index (Phi) is 4.23. The molecule has 0 spiro atoms. The molecular weight excluding hydrogens is 330 g/mol. The highest BCUT2D eigenvalue weighted by Crippen LogP contribution is 2.23. The van der Waals surface area contributed by atoms with Crippen molar-refractivity contribution in [2.45, 2.75) is 32.4 Å². The van der Waals surface area contributed by atoms with E-state index >= 15 is 0 Å². The third-order valence-electron chi connectivity index (χ3n) is 4.03. The Labute approximate surface area is 142 Å². The molecule has 1 atom stereocenters. The second kappa shape index (κ2) is 6.20. The van der Waals surface area contributed by atoms with Crippen LogP contribution >= 0.6 is 11.3 Å². The second-order valence-corrected chi connectivity index (χ2v) is 6.86. The number of urea groups is 1. The van der Waals surface area contributed by atoms with Crippen molar-refractivity contribution >= 4 is 39.5 Å². The first-order chi connectivity index (χ1) is 11.4. The molecule has 0 bridgehead atoms. The normalized spacial score (nSPS) is 20.5. The molecule has 1 aromatic heterocycles. The number of amides is 3. The number of rotatable bonds is 5. The Morgan fingerprint density at radius 3 is 2.79 bits per heavy atom. The fraction of sp³-hybridized carbons (Fsp3) is 0.375. The van der Waals surface area contributed by atoms with E-state index in [2.05, 4.69) is 10.3 Å². The Morgan fingerprint density at radius 2 is 2.12 bits per heavy atom. The molecule has 0 unspecified atom stereocenters. The van der Waals surface area contributed by atoms with Crippen LogP contribution in [0, 0.1) is 0 Å². The van der Waals surface area contributed by atoms with Crippen molar-refractivity contribution in [3.63, 3.8) is 0 Å². The minimum absolute atomic E-state index is 0.0207. The van der Waals surface area contributed by atoms with E-state index in [1.54, 1.807) is 13.8 Å². The van der Waals surface area contributed by atoms with Crippen LogP contribution in [0.4, 0.5) is 4.79 Å². The number of nitrogens with one attached hydrogen (secondary N) is 1. The Morgan fingerprint density at radius 1 is 1.38 bits per heavy atom. The number of nitrogens with zero attached hydrogens (tertiary/aromatic N) is 2. The van der Waals surface area contributed by atoms with Gasteiger partial charge in [0.1, 0.15) is 23.7 Å². The summed E-state index contributed by atoms with van der Waals surface area (Å²) in [6.07, 6.45) is 0.453. The van der Waals surface area contributed by atoms with Crippen molar-refractivity contribution in [1.29, 1.82) is 0 Å². The smallest absolute Gasteiger partial charge is 0.326 e. The number of esters is 1. The van der Waals surface area contributed by atoms with Gasteiger partial charge in [0, 0.05) is 0 Å². The molecule has 7 nitrogen and oxygen atoms in total. The van der Waals surface area contributed by atoms with Gasteiger partial charge in [0.25, 0.3) is 5.91 Å². The van der Waals surface area contributed by atoms with Crippen LogP contribution in [-0.2, 0) is 20.9 Å². The summed E-state index contributed by atoms with van der Waals surface area (Å²) < 4.78 is 6.16. The van der Waals surface area contributed by atoms with Crippen molar-refractivity contribution in [3.05, 3.63) is 29.3 Å². The fourth-order valence-corrected chi connectivity index (χ4v) is 3.31. The molecule has 1 saturated heterocycles. The second-order valence-electron chi connectivity index (χ2n) is 5.74. The van der Waals surface area contributed by atoms with E-state index in [0.717, 1.165) is 15.1 Å². The molecule has 1 fully saturated rings. The molecule has 1 N–H and O–H groups in total. The van der Waals surface area contributed by atoms with Gasteiger partial charge in [-0.3, -0.25) is 14.5 Å². The standard InChI is InChI=1S/C16H17N3O4S/c1-3-16(2)14(21)19(15(22)18-16)8-13(20)23-9-12-17-10-6-4-5-7-11(10)24-12/h4-7H,3,8-9H2,1-2H3,(H,18,22)/t16-/m1/s1.